The molecule has 6 heteroatoms. The van der Waals surface area contributed by atoms with E-state index in [1.54, 1.807) is 0 Å². The molecule has 0 aliphatic carbocycles. The van der Waals surface area contributed by atoms with Crippen LogP contribution in [0, 0.1) is 0 Å². The van der Waals surface area contributed by atoms with Gasteiger partial charge in [0.2, 0.25) is 0 Å². The summed E-state index contributed by atoms with van der Waals surface area (Å²) in [6, 6.07) is 0. The first-order valence-corrected chi connectivity index (χ1v) is 5.78. The van der Waals surface area contributed by atoms with Gasteiger partial charge in [-0.25, -0.2) is 4.79 Å². The Morgan fingerprint density at radius 2 is 1.24 bits per heavy atom. The summed E-state index contributed by atoms with van der Waals surface area (Å²) in [7, 11) is 0. The minimum absolute atomic E-state index is 0. The molecule has 0 saturated carbocycles. The van der Waals surface area contributed by atoms with Crippen molar-refractivity contribution in [3.8, 4) is 0 Å². The van der Waals surface area contributed by atoms with Crippen LogP contribution in [0.5, 0.6) is 0 Å². The number of hydrogen-bond donors (Lipinski definition) is 1. The SMILES string of the molecule is CCCOC(OCCC)(OCCC)C(=O)O.[Ti]. The Hall–Kier alpha value is 0.0643. The molecule has 1 N–H and O–H groups in total. The van der Waals surface area contributed by atoms with Crippen molar-refractivity contribution in [1.29, 1.82) is 0 Å². The van der Waals surface area contributed by atoms with Gasteiger partial charge < -0.3 is 19.3 Å². The maximum atomic E-state index is 11.2. The van der Waals surface area contributed by atoms with Crippen molar-refractivity contribution >= 4 is 5.97 Å². The van der Waals surface area contributed by atoms with Crippen molar-refractivity contribution in [2.24, 2.45) is 0 Å². The molecule has 0 atom stereocenters. The predicted octanol–water partition coefficient (Wildman–Crippen LogP) is 2.00. The Labute approximate surface area is 118 Å². The van der Waals surface area contributed by atoms with Gasteiger partial charge in [-0.2, -0.15) is 0 Å². The Morgan fingerprint density at radius 1 is 0.941 bits per heavy atom. The first-order chi connectivity index (χ1) is 7.63. The molecular weight excluding hydrogens is 260 g/mol. The van der Waals surface area contributed by atoms with Crippen LogP contribution in [0.1, 0.15) is 40.0 Å². The van der Waals surface area contributed by atoms with E-state index in [2.05, 4.69) is 0 Å². The molecule has 17 heavy (non-hydrogen) atoms. The molecule has 0 aliphatic rings. The molecule has 0 aliphatic heterocycles. The molecule has 100 valence electrons. The molecular formula is C11H22O5Ti. The van der Waals surface area contributed by atoms with E-state index < -0.39 is 11.9 Å². The second-order valence-corrected chi connectivity index (χ2v) is 3.41. The van der Waals surface area contributed by atoms with E-state index >= 15 is 0 Å². The maximum absolute atomic E-state index is 11.2. The van der Waals surface area contributed by atoms with Gasteiger partial charge in [-0.05, 0) is 19.3 Å². The van der Waals surface area contributed by atoms with Crippen molar-refractivity contribution in [3.05, 3.63) is 0 Å². The third-order valence-electron chi connectivity index (χ3n) is 1.75. The summed E-state index contributed by atoms with van der Waals surface area (Å²) < 4.78 is 15.6. The number of carboxylic acids is 1. The summed E-state index contributed by atoms with van der Waals surface area (Å²) in [5.41, 5.74) is 0. The van der Waals surface area contributed by atoms with Crippen molar-refractivity contribution < 1.29 is 45.8 Å². The van der Waals surface area contributed by atoms with E-state index in [-0.39, 0.29) is 21.7 Å². The van der Waals surface area contributed by atoms with Crippen LogP contribution in [-0.4, -0.2) is 36.9 Å². The quantitative estimate of drug-likeness (QED) is 0.490. The third-order valence-corrected chi connectivity index (χ3v) is 1.75. The number of ether oxygens (including phenoxy) is 3. The molecule has 0 aromatic carbocycles. The van der Waals surface area contributed by atoms with Gasteiger partial charge in [0.1, 0.15) is 0 Å². The van der Waals surface area contributed by atoms with E-state index in [4.69, 9.17) is 19.3 Å². The minimum Gasteiger partial charge on any atom is -0.475 e. The molecule has 0 saturated heterocycles. The maximum Gasteiger partial charge on any atom is 0.395 e. The van der Waals surface area contributed by atoms with Crippen molar-refractivity contribution in [3.63, 3.8) is 0 Å². The van der Waals surface area contributed by atoms with Crippen LogP contribution in [0.4, 0.5) is 0 Å². The van der Waals surface area contributed by atoms with E-state index in [0.717, 1.165) is 0 Å². The van der Waals surface area contributed by atoms with Crippen LogP contribution in [-0.2, 0) is 40.7 Å². The smallest absolute Gasteiger partial charge is 0.395 e. The zero-order chi connectivity index (χ0) is 12.4. The zero-order valence-electron chi connectivity index (χ0n) is 10.8. The topological polar surface area (TPSA) is 65.0 Å². The average molecular weight is 282 g/mol. The fourth-order valence-corrected chi connectivity index (χ4v) is 1.02. The molecule has 0 bridgehead atoms. The van der Waals surface area contributed by atoms with Crippen LogP contribution in [0.2, 0.25) is 0 Å². The van der Waals surface area contributed by atoms with Gasteiger partial charge >= 0.3 is 11.9 Å². The van der Waals surface area contributed by atoms with E-state index in [1.165, 1.54) is 0 Å². The standard InChI is InChI=1S/C11H22O5.Ti/c1-4-7-14-11(10(12)13,15-8-5-2)16-9-6-3;/h4-9H2,1-3H3,(H,12,13);. The van der Waals surface area contributed by atoms with Gasteiger partial charge in [-0.1, -0.05) is 20.8 Å². The molecule has 0 rings (SSSR count). The minimum atomic E-state index is -1.93. The van der Waals surface area contributed by atoms with Gasteiger partial charge in [0.15, 0.2) is 0 Å². The second-order valence-electron chi connectivity index (χ2n) is 3.41. The fourth-order valence-electron chi connectivity index (χ4n) is 1.02. The van der Waals surface area contributed by atoms with E-state index in [1.807, 2.05) is 20.8 Å². The normalized spacial score (nSPS) is 11.0. The van der Waals surface area contributed by atoms with Crippen molar-refractivity contribution in [2.45, 2.75) is 46.0 Å². The molecule has 0 aromatic rings. The van der Waals surface area contributed by atoms with Gasteiger partial charge in [-0.3, -0.25) is 0 Å². The molecule has 0 unspecified atom stereocenters. The molecule has 0 amide bonds. The first kappa shape index (κ1) is 19.4. The summed E-state index contributed by atoms with van der Waals surface area (Å²) in [6.45, 7) is 6.56. The van der Waals surface area contributed by atoms with Crippen LogP contribution in [0.15, 0.2) is 0 Å². The first-order valence-electron chi connectivity index (χ1n) is 5.78. The van der Waals surface area contributed by atoms with Crippen LogP contribution in [0.3, 0.4) is 0 Å². The van der Waals surface area contributed by atoms with Crippen LogP contribution in [0.25, 0.3) is 0 Å². The van der Waals surface area contributed by atoms with Gasteiger partial charge in [0.25, 0.3) is 0 Å². The number of aliphatic carboxylic acids is 1. The second kappa shape index (κ2) is 11.2. The Morgan fingerprint density at radius 3 is 1.41 bits per heavy atom. The Bertz CT molecular complexity index is 177. The van der Waals surface area contributed by atoms with Crippen molar-refractivity contribution in [2.75, 3.05) is 19.8 Å². The Balaban J connectivity index is 0. The number of carboxylic acid groups (broad SMARTS) is 1. The van der Waals surface area contributed by atoms with E-state index in [0.29, 0.717) is 39.1 Å². The monoisotopic (exact) mass is 282 g/mol. The summed E-state index contributed by atoms with van der Waals surface area (Å²) in [6.07, 6.45) is 2.12. The van der Waals surface area contributed by atoms with Gasteiger partial charge in [-0.15, -0.1) is 0 Å². The summed E-state index contributed by atoms with van der Waals surface area (Å²) in [5.74, 6) is -3.16. The third kappa shape index (κ3) is 7.16. The zero-order valence-corrected chi connectivity index (χ0v) is 12.4. The van der Waals surface area contributed by atoms with Crippen LogP contribution >= 0.6 is 0 Å². The summed E-state index contributed by atoms with van der Waals surface area (Å²) in [4.78, 5) is 11.2. The molecule has 0 radical (unpaired) electrons. The van der Waals surface area contributed by atoms with E-state index in [9.17, 15) is 4.79 Å². The van der Waals surface area contributed by atoms with Gasteiger partial charge in [0, 0.05) is 21.7 Å². The van der Waals surface area contributed by atoms with Gasteiger partial charge in [0.05, 0.1) is 19.8 Å². The Kier molecular flexibility index (Phi) is 12.8. The average Bonchev–Trinajstić information content (AvgIpc) is 2.28. The number of hydrogen-bond acceptors (Lipinski definition) is 4. The largest absolute Gasteiger partial charge is 0.475 e. The number of rotatable bonds is 10. The summed E-state index contributed by atoms with van der Waals surface area (Å²) in [5, 5.41) is 9.13. The molecule has 0 heterocycles. The summed E-state index contributed by atoms with van der Waals surface area (Å²) >= 11 is 0. The van der Waals surface area contributed by atoms with Crippen LogP contribution < -0.4 is 0 Å². The molecule has 0 spiro atoms. The van der Waals surface area contributed by atoms with Crippen molar-refractivity contribution in [1.82, 2.24) is 0 Å². The molecule has 5 nitrogen and oxygen atoms in total. The molecule has 0 fully saturated rings. The fraction of sp³-hybridized carbons (Fsp3) is 0.909. The molecule has 0 aromatic heterocycles. The predicted molar refractivity (Wildman–Crippen MR) is 59.1 cm³/mol. The number of carbonyl (C=O) groups is 1.